The molecule has 6 atom stereocenters. The van der Waals surface area contributed by atoms with Crippen molar-refractivity contribution in [2.45, 2.75) is 160 Å². The number of hydrogen-bond donors (Lipinski definition) is 1. The first-order chi connectivity index (χ1) is 18.9. The fourth-order valence-corrected chi connectivity index (χ4v) is 11.6. The van der Waals surface area contributed by atoms with Crippen molar-refractivity contribution in [3.8, 4) is 0 Å². The van der Waals surface area contributed by atoms with E-state index in [1.54, 1.807) is 0 Å². The van der Waals surface area contributed by atoms with Crippen LogP contribution in [0.3, 0.4) is 0 Å². The van der Waals surface area contributed by atoms with E-state index in [9.17, 15) is 14.4 Å². The van der Waals surface area contributed by atoms with E-state index in [-0.39, 0.29) is 38.5 Å². The fourth-order valence-electron chi connectivity index (χ4n) is 11.6. The van der Waals surface area contributed by atoms with Gasteiger partial charge < -0.3 is 5.73 Å². The van der Waals surface area contributed by atoms with Crippen LogP contribution in [0.1, 0.15) is 134 Å². The van der Waals surface area contributed by atoms with Crippen LogP contribution in [0.4, 0.5) is 0 Å². The standard InChI is InChI=1S/C35H62N4O3/c1-24-12-30(3,4)18-33(9,14-24)21-37-27(40)38(22-34(10)15-25(2)13-31(5,6)19-34)29(42)39(28(37)41)23-35(11)17-26(36)16-32(7,8)20-35/h24-26H,12-23,36H2,1-11H3. The van der Waals surface area contributed by atoms with Crippen LogP contribution in [-0.4, -0.2) is 19.7 Å². The number of rotatable bonds is 6. The van der Waals surface area contributed by atoms with Crippen molar-refractivity contribution in [1.82, 2.24) is 13.7 Å². The summed E-state index contributed by atoms with van der Waals surface area (Å²) in [6, 6.07) is 0.0253. The molecule has 0 radical (unpaired) electrons. The largest absolute Gasteiger partial charge is 0.336 e. The van der Waals surface area contributed by atoms with Gasteiger partial charge in [-0.1, -0.05) is 76.2 Å². The predicted octanol–water partition coefficient (Wildman–Crippen LogP) is 6.42. The maximum absolute atomic E-state index is 14.3. The Balaban J connectivity index is 1.85. The van der Waals surface area contributed by atoms with Crippen LogP contribution in [0.15, 0.2) is 14.4 Å². The normalized spacial score (nSPS) is 37.9. The molecule has 6 unspecified atom stereocenters. The van der Waals surface area contributed by atoms with E-state index >= 15 is 0 Å². The van der Waals surface area contributed by atoms with Crippen LogP contribution >= 0.6 is 0 Å². The average Bonchev–Trinajstić information content (AvgIpc) is 2.72. The van der Waals surface area contributed by atoms with E-state index in [0.29, 0.717) is 31.5 Å². The first-order valence-electron chi connectivity index (χ1n) is 16.6. The smallest absolute Gasteiger partial charge is 0.328 e. The third-order valence-corrected chi connectivity index (χ3v) is 10.8. The van der Waals surface area contributed by atoms with E-state index in [4.69, 9.17) is 5.73 Å². The van der Waals surface area contributed by atoms with Gasteiger partial charge in [-0.15, -0.1) is 0 Å². The summed E-state index contributed by atoms with van der Waals surface area (Å²) in [6.07, 6.45) is 8.67. The Hall–Kier alpha value is -1.63. The molecular formula is C35H62N4O3. The van der Waals surface area contributed by atoms with Gasteiger partial charge in [0, 0.05) is 25.7 Å². The van der Waals surface area contributed by atoms with Crippen molar-refractivity contribution in [1.29, 1.82) is 0 Å². The molecule has 0 spiro atoms. The van der Waals surface area contributed by atoms with Gasteiger partial charge in [0.2, 0.25) is 0 Å². The average molecular weight is 587 g/mol. The van der Waals surface area contributed by atoms with Gasteiger partial charge in [-0.25, -0.2) is 28.1 Å². The van der Waals surface area contributed by atoms with Gasteiger partial charge in [0.1, 0.15) is 0 Å². The van der Waals surface area contributed by atoms with Crippen molar-refractivity contribution in [3.05, 3.63) is 31.5 Å². The lowest BCUT2D eigenvalue weighted by Crippen LogP contribution is -2.59. The third-order valence-electron chi connectivity index (χ3n) is 10.8. The summed E-state index contributed by atoms with van der Waals surface area (Å²) in [5.41, 5.74) is 4.81. The molecule has 7 heteroatoms. The second kappa shape index (κ2) is 10.8. The summed E-state index contributed by atoms with van der Waals surface area (Å²) in [5, 5.41) is 0. The van der Waals surface area contributed by atoms with Gasteiger partial charge in [-0.05, 0) is 102 Å². The molecule has 0 saturated heterocycles. The van der Waals surface area contributed by atoms with Crippen LogP contribution in [0.5, 0.6) is 0 Å². The van der Waals surface area contributed by atoms with E-state index < -0.39 is 17.1 Å². The molecule has 0 aromatic carbocycles. The Morgan fingerprint density at radius 3 is 1.10 bits per heavy atom. The summed E-state index contributed by atoms with van der Waals surface area (Å²) >= 11 is 0. The zero-order chi connectivity index (χ0) is 31.7. The number of hydrogen-bond acceptors (Lipinski definition) is 4. The van der Waals surface area contributed by atoms with E-state index in [0.717, 1.165) is 57.8 Å². The Morgan fingerprint density at radius 1 is 0.524 bits per heavy atom. The van der Waals surface area contributed by atoms with Crippen LogP contribution in [-0.2, 0) is 19.6 Å². The molecule has 3 aliphatic carbocycles. The van der Waals surface area contributed by atoms with Crippen molar-refractivity contribution in [2.75, 3.05) is 0 Å². The highest BCUT2D eigenvalue weighted by Gasteiger charge is 2.44. The molecule has 3 saturated carbocycles. The molecule has 0 aliphatic heterocycles. The molecule has 1 aromatic rings. The van der Waals surface area contributed by atoms with Gasteiger partial charge >= 0.3 is 17.1 Å². The lowest BCUT2D eigenvalue weighted by atomic mass is 9.61. The molecule has 1 heterocycles. The van der Waals surface area contributed by atoms with Crippen molar-refractivity contribution < 1.29 is 0 Å². The zero-order valence-corrected chi connectivity index (χ0v) is 28.9. The minimum Gasteiger partial charge on any atom is -0.328 e. The first-order valence-corrected chi connectivity index (χ1v) is 16.6. The van der Waals surface area contributed by atoms with Gasteiger partial charge in [0.25, 0.3) is 0 Å². The van der Waals surface area contributed by atoms with Crippen LogP contribution in [0, 0.1) is 44.3 Å². The van der Waals surface area contributed by atoms with E-state index in [2.05, 4.69) is 76.2 Å². The molecule has 4 rings (SSSR count). The summed E-state index contributed by atoms with van der Waals surface area (Å²) in [5.74, 6) is 1.02. The SMILES string of the molecule is CC1CC(C)(C)CC(C)(Cn2c(=O)n(CC3(C)CC(C)CC(C)(C)C3)c(=O)n(CC3(C)CC(N)CC(C)(C)C3)c2=O)C1. The number of nitrogens with two attached hydrogens (primary N) is 1. The Bertz CT molecular complexity index is 1160. The van der Waals surface area contributed by atoms with Gasteiger partial charge in [0.05, 0.1) is 0 Å². The summed E-state index contributed by atoms with van der Waals surface area (Å²) < 4.78 is 4.29. The maximum atomic E-state index is 14.3. The molecular weight excluding hydrogens is 524 g/mol. The highest BCUT2D eigenvalue weighted by Crippen LogP contribution is 2.50. The Morgan fingerprint density at radius 2 is 0.810 bits per heavy atom. The van der Waals surface area contributed by atoms with E-state index in [1.165, 1.54) is 13.7 Å². The second-order valence-electron chi connectivity index (χ2n) is 19.3. The minimum atomic E-state index is -0.445. The van der Waals surface area contributed by atoms with Gasteiger partial charge in [-0.2, -0.15) is 0 Å². The molecule has 42 heavy (non-hydrogen) atoms. The highest BCUT2D eigenvalue weighted by atomic mass is 16.2. The third kappa shape index (κ3) is 7.35. The summed E-state index contributed by atoms with van der Waals surface area (Å²) in [6.45, 7) is 25.8. The van der Waals surface area contributed by atoms with Crippen LogP contribution in [0.2, 0.25) is 0 Å². The van der Waals surface area contributed by atoms with Crippen molar-refractivity contribution in [3.63, 3.8) is 0 Å². The quantitative estimate of drug-likeness (QED) is 0.416. The molecule has 240 valence electrons. The lowest BCUT2D eigenvalue weighted by molar-refractivity contribution is 0.0357. The molecule has 2 N–H and O–H groups in total. The molecule has 0 amide bonds. The van der Waals surface area contributed by atoms with Gasteiger partial charge in [-0.3, -0.25) is 0 Å². The first kappa shape index (κ1) is 33.3. The van der Waals surface area contributed by atoms with Crippen molar-refractivity contribution in [2.24, 2.45) is 50.1 Å². The molecule has 1 aromatic heterocycles. The maximum Gasteiger partial charge on any atom is 0.336 e. The molecule has 0 bridgehead atoms. The van der Waals surface area contributed by atoms with E-state index in [1.807, 2.05) is 0 Å². The van der Waals surface area contributed by atoms with Crippen LogP contribution < -0.4 is 22.8 Å². The predicted molar refractivity (Wildman–Crippen MR) is 173 cm³/mol. The second-order valence-corrected chi connectivity index (χ2v) is 19.3. The monoisotopic (exact) mass is 586 g/mol. The van der Waals surface area contributed by atoms with Crippen LogP contribution in [0.25, 0.3) is 0 Å². The number of aromatic nitrogens is 3. The van der Waals surface area contributed by atoms with Gasteiger partial charge in [0.15, 0.2) is 0 Å². The summed E-state index contributed by atoms with van der Waals surface area (Å²) in [7, 11) is 0. The number of nitrogens with zero attached hydrogens (tertiary/aromatic N) is 3. The van der Waals surface area contributed by atoms with Crippen molar-refractivity contribution >= 4 is 0 Å². The Labute approximate surface area is 254 Å². The highest BCUT2D eigenvalue weighted by molar-refractivity contribution is 4.97. The zero-order valence-electron chi connectivity index (χ0n) is 28.9. The summed E-state index contributed by atoms with van der Waals surface area (Å²) in [4.78, 5) is 42.9. The topological polar surface area (TPSA) is 92.0 Å². The minimum absolute atomic E-state index is 0.0253. The molecule has 3 fully saturated rings. The lowest BCUT2D eigenvalue weighted by Gasteiger charge is -2.47. The molecule has 7 nitrogen and oxygen atoms in total. The fraction of sp³-hybridized carbons (Fsp3) is 0.914. The molecule has 3 aliphatic rings. The Kier molecular flexibility index (Phi) is 8.53.